The third kappa shape index (κ3) is 4.49. The lowest BCUT2D eigenvalue weighted by Gasteiger charge is -2.25. The summed E-state index contributed by atoms with van der Waals surface area (Å²) < 4.78 is 0.997. The number of nitrogens with one attached hydrogen (secondary N) is 1. The van der Waals surface area contributed by atoms with Crippen molar-refractivity contribution >= 4 is 27.8 Å². The van der Waals surface area contributed by atoms with Crippen molar-refractivity contribution in [2.24, 2.45) is 0 Å². The maximum Gasteiger partial charge on any atom is 0.312 e. The Hall–Kier alpha value is -1.36. The molecule has 0 aliphatic heterocycles. The number of rotatable bonds is 5. The third-order valence-corrected chi connectivity index (χ3v) is 3.19. The van der Waals surface area contributed by atoms with E-state index in [9.17, 15) is 9.59 Å². The molecule has 0 saturated heterocycles. The van der Waals surface area contributed by atoms with Crippen molar-refractivity contribution in [2.45, 2.75) is 25.7 Å². The molecular weight excluding hydrogens is 298 g/mol. The molecule has 98 valence electrons. The number of carbonyl (C=O) groups excluding carboxylic acids is 1. The molecule has 0 aromatic heterocycles. The van der Waals surface area contributed by atoms with Crippen LogP contribution in [0.5, 0.6) is 0 Å². The Bertz CT molecular complexity index is 440. The molecule has 18 heavy (non-hydrogen) atoms. The number of carbonyl (C=O) groups is 2. The van der Waals surface area contributed by atoms with Gasteiger partial charge >= 0.3 is 5.97 Å². The third-order valence-electron chi connectivity index (χ3n) is 2.66. The van der Waals surface area contributed by atoms with Gasteiger partial charge in [0.15, 0.2) is 0 Å². The van der Waals surface area contributed by atoms with Gasteiger partial charge in [0.2, 0.25) is 5.91 Å². The van der Waals surface area contributed by atoms with Gasteiger partial charge in [-0.3, -0.25) is 9.59 Å². The number of amides is 1. The van der Waals surface area contributed by atoms with E-state index in [1.54, 1.807) is 0 Å². The maximum absolute atomic E-state index is 11.3. The summed E-state index contributed by atoms with van der Waals surface area (Å²) in [7, 11) is 0. The molecule has 0 heterocycles. The molecule has 0 atom stereocenters. The fourth-order valence-corrected chi connectivity index (χ4v) is 1.79. The minimum absolute atomic E-state index is 0.241. The maximum atomic E-state index is 11.3. The quantitative estimate of drug-likeness (QED) is 0.820. The first kappa shape index (κ1) is 14.7. The van der Waals surface area contributed by atoms with Crippen LogP contribution >= 0.6 is 15.9 Å². The van der Waals surface area contributed by atoms with Crippen LogP contribution in [0.4, 0.5) is 0 Å². The monoisotopic (exact) mass is 313 g/mol. The summed E-state index contributed by atoms with van der Waals surface area (Å²) in [6.45, 7) is 4.40. The number of hydrogen-bond acceptors (Lipinski definition) is 2. The van der Waals surface area contributed by atoms with Gasteiger partial charge in [-0.15, -0.1) is 0 Å². The highest BCUT2D eigenvalue weighted by molar-refractivity contribution is 9.10. The Morgan fingerprint density at radius 2 is 1.83 bits per heavy atom. The van der Waals surface area contributed by atoms with Crippen molar-refractivity contribution in [3.05, 3.63) is 34.3 Å². The predicted molar refractivity (Wildman–Crippen MR) is 72.4 cm³/mol. The lowest BCUT2D eigenvalue weighted by molar-refractivity contribution is -0.140. The van der Waals surface area contributed by atoms with E-state index in [0.29, 0.717) is 6.54 Å². The summed E-state index contributed by atoms with van der Waals surface area (Å²) in [4.78, 5) is 21.7. The predicted octanol–water partition coefficient (Wildman–Crippen LogP) is 2.32. The molecule has 0 spiro atoms. The van der Waals surface area contributed by atoms with Crippen LogP contribution in [0.3, 0.4) is 0 Å². The number of benzene rings is 1. The molecule has 1 rings (SSSR count). The van der Waals surface area contributed by atoms with Crippen LogP contribution in [-0.4, -0.2) is 23.5 Å². The summed E-state index contributed by atoms with van der Waals surface area (Å²) in [5.41, 5.74) is 0.843. The molecule has 0 bridgehead atoms. The first-order valence-electron chi connectivity index (χ1n) is 5.56. The van der Waals surface area contributed by atoms with Gasteiger partial charge in [0, 0.05) is 16.4 Å². The summed E-state index contributed by atoms with van der Waals surface area (Å²) in [6.07, 6.45) is -0.490. The van der Waals surface area contributed by atoms with Gasteiger partial charge in [0.25, 0.3) is 0 Å². The van der Waals surface area contributed by atoms with Crippen LogP contribution in [0.1, 0.15) is 25.8 Å². The van der Waals surface area contributed by atoms with Crippen LogP contribution in [0.2, 0.25) is 0 Å². The molecule has 2 N–H and O–H groups in total. The lowest BCUT2D eigenvalue weighted by atomic mass is 9.84. The molecule has 0 aliphatic carbocycles. The molecule has 0 aliphatic rings. The van der Waals surface area contributed by atoms with Crippen LogP contribution in [0.25, 0.3) is 0 Å². The van der Waals surface area contributed by atoms with Gasteiger partial charge in [-0.05, 0) is 17.7 Å². The average molecular weight is 314 g/mol. The van der Waals surface area contributed by atoms with Gasteiger partial charge in [0.05, 0.1) is 0 Å². The van der Waals surface area contributed by atoms with Crippen LogP contribution in [0.15, 0.2) is 28.7 Å². The second-order valence-electron chi connectivity index (χ2n) is 4.74. The van der Waals surface area contributed by atoms with E-state index in [0.717, 1.165) is 10.0 Å². The fraction of sp³-hybridized carbons (Fsp3) is 0.385. The van der Waals surface area contributed by atoms with E-state index in [1.165, 1.54) is 0 Å². The molecule has 1 amide bonds. The second kappa shape index (κ2) is 6.00. The van der Waals surface area contributed by atoms with E-state index in [4.69, 9.17) is 5.11 Å². The summed E-state index contributed by atoms with van der Waals surface area (Å²) >= 11 is 3.37. The van der Waals surface area contributed by atoms with Gasteiger partial charge in [-0.2, -0.15) is 0 Å². The molecule has 5 heteroatoms. The summed E-state index contributed by atoms with van der Waals surface area (Å²) in [5.74, 6) is -1.58. The zero-order valence-corrected chi connectivity index (χ0v) is 12.0. The zero-order chi connectivity index (χ0) is 13.8. The Kier molecular flexibility index (Phi) is 4.90. The number of hydrogen-bond donors (Lipinski definition) is 2. The zero-order valence-electron chi connectivity index (χ0n) is 10.4. The fourth-order valence-electron chi connectivity index (χ4n) is 1.52. The smallest absolute Gasteiger partial charge is 0.312 e. The van der Waals surface area contributed by atoms with E-state index >= 15 is 0 Å². The van der Waals surface area contributed by atoms with E-state index in [-0.39, 0.29) is 5.41 Å². The summed E-state index contributed by atoms with van der Waals surface area (Å²) in [6, 6.07) is 7.84. The van der Waals surface area contributed by atoms with Crippen molar-refractivity contribution < 1.29 is 14.7 Å². The molecule has 0 saturated carbocycles. The van der Waals surface area contributed by atoms with Gasteiger partial charge < -0.3 is 10.4 Å². The number of halogens is 1. The highest BCUT2D eigenvalue weighted by atomic mass is 79.9. The Balaban J connectivity index is 2.62. The highest BCUT2D eigenvalue weighted by Gasteiger charge is 2.21. The molecular formula is C13H16BrNO3. The van der Waals surface area contributed by atoms with Crippen molar-refractivity contribution in [2.75, 3.05) is 6.54 Å². The minimum Gasteiger partial charge on any atom is -0.481 e. The molecule has 0 fully saturated rings. The molecule has 1 aromatic rings. The van der Waals surface area contributed by atoms with Crippen molar-refractivity contribution in [1.82, 2.24) is 5.32 Å². The largest absolute Gasteiger partial charge is 0.481 e. The highest BCUT2D eigenvalue weighted by Crippen LogP contribution is 2.23. The Labute approximate surface area is 115 Å². The number of carboxylic acid groups (broad SMARTS) is 1. The topological polar surface area (TPSA) is 66.4 Å². The number of aliphatic carboxylic acids is 1. The van der Waals surface area contributed by atoms with Gasteiger partial charge in [-0.25, -0.2) is 0 Å². The molecule has 1 aromatic carbocycles. The Morgan fingerprint density at radius 1 is 1.28 bits per heavy atom. The van der Waals surface area contributed by atoms with Crippen LogP contribution < -0.4 is 5.32 Å². The van der Waals surface area contributed by atoms with E-state index in [2.05, 4.69) is 21.2 Å². The first-order valence-corrected chi connectivity index (χ1v) is 6.35. The van der Waals surface area contributed by atoms with Crippen molar-refractivity contribution in [3.8, 4) is 0 Å². The standard InChI is InChI=1S/C13H16BrNO3/c1-13(2,8-15-11(16)7-12(17)18)9-3-5-10(14)6-4-9/h3-6H,7-8H2,1-2H3,(H,15,16)(H,17,18). The van der Waals surface area contributed by atoms with Crippen LogP contribution in [0, 0.1) is 0 Å². The second-order valence-corrected chi connectivity index (χ2v) is 5.65. The van der Waals surface area contributed by atoms with E-state index in [1.807, 2.05) is 38.1 Å². The van der Waals surface area contributed by atoms with Crippen molar-refractivity contribution in [1.29, 1.82) is 0 Å². The Morgan fingerprint density at radius 3 is 2.33 bits per heavy atom. The SMILES string of the molecule is CC(C)(CNC(=O)CC(=O)O)c1ccc(Br)cc1. The molecule has 0 unspecified atom stereocenters. The lowest BCUT2D eigenvalue weighted by Crippen LogP contribution is -2.37. The van der Waals surface area contributed by atoms with Crippen LogP contribution in [-0.2, 0) is 15.0 Å². The molecule has 0 radical (unpaired) electrons. The van der Waals surface area contributed by atoms with Gasteiger partial charge in [-0.1, -0.05) is 41.9 Å². The first-order chi connectivity index (χ1) is 8.31. The summed E-state index contributed by atoms with van der Waals surface area (Å²) in [5, 5.41) is 11.1. The normalized spacial score (nSPS) is 11.1. The molecule has 4 nitrogen and oxygen atoms in total. The number of carboxylic acids is 1. The minimum atomic E-state index is -1.12. The van der Waals surface area contributed by atoms with Crippen molar-refractivity contribution in [3.63, 3.8) is 0 Å². The van der Waals surface area contributed by atoms with Gasteiger partial charge in [0.1, 0.15) is 6.42 Å². The van der Waals surface area contributed by atoms with E-state index < -0.39 is 18.3 Å². The average Bonchev–Trinajstić information content (AvgIpc) is 2.26.